The number of nitrogen functional groups attached to an aromatic ring is 1. The highest BCUT2D eigenvalue weighted by atomic mass is 32.1. The second kappa shape index (κ2) is 5.75. The second-order valence-electron chi connectivity index (χ2n) is 5.80. The number of aryl methyl sites for hydroxylation is 1. The molecule has 7 heteroatoms. The van der Waals surface area contributed by atoms with Crippen molar-refractivity contribution in [2.24, 2.45) is 5.84 Å². The maximum absolute atomic E-state index is 5.52. The largest absolute Gasteiger partial charge is 0.354 e. The maximum Gasteiger partial charge on any atom is 0.240 e. The number of anilines is 2. The topological polar surface area (TPSA) is 70.3 Å². The van der Waals surface area contributed by atoms with Crippen LogP contribution >= 0.6 is 11.3 Å². The molecule has 1 unspecified atom stereocenters. The van der Waals surface area contributed by atoms with Crippen LogP contribution in [0.5, 0.6) is 0 Å². The van der Waals surface area contributed by atoms with Crippen LogP contribution in [-0.2, 0) is 0 Å². The number of hydrazine groups is 1. The molecule has 0 saturated carbocycles. The van der Waals surface area contributed by atoms with Gasteiger partial charge in [0.25, 0.3) is 0 Å². The number of hydrogen-bond donors (Lipinski definition) is 2. The number of nitrogens with zero attached hydrogens (tertiary/aromatic N) is 4. The maximum atomic E-state index is 5.52. The number of hydrogen-bond acceptors (Lipinski definition) is 7. The van der Waals surface area contributed by atoms with Gasteiger partial charge in [0.2, 0.25) is 5.95 Å². The Kier molecular flexibility index (Phi) is 3.97. The normalized spacial score (nSPS) is 19.5. The molecular weight excluding hydrogens is 284 g/mol. The molecule has 3 rings (SSSR count). The van der Waals surface area contributed by atoms with E-state index in [-0.39, 0.29) is 0 Å². The molecule has 3 heterocycles. The van der Waals surface area contributed by atoms with E-state index in [0.29, 0.717) is 12.0 Å². The predicted molar refractivity (Wildman–Crippen MR) is 88.9 cm³/mol. The Morgan fingerprint density at radius 3 is 2.95 bits per heavy atom. The Hall–Kier alpha value is -1.44. The molecule has 0 aliphatic carbocycles. The molecule has 0 aromatic carbocycles. The van der Waals surface area contributed by atoms with E-state index >= 15 is 0 Å². The number of fused-ring (bicyclic) bond motifs is 1. The zero-order valence-electron chi connectivity index (χ0n) is 12.8. The van der Waals surface area contributed by atoms with Gasteiger partial charge in [-0.05, 0) is 39.9 Å². The van der Waals surface area contributed by atoms with Gasteiger partial charge in [0, 0.05) is 24.0 Å². The molecular formula is C14H22N6S. The SMILES string of the molecule is Cc1cc2c(N3CCCC(N(C)C)C3)nc(NN)nc2s1. The van der Waals surface area contributed by atoms with E-state index in [9.17, 15) is 0 Å². The third kappa shape index (κ3) is 2.81. The van der Waals surface area contributed by atoms with Gasteiger partial charge in [0.1, 0.15) is 10.6 Å². The van der Waals surface area contributed by atoms with E-state index in [4.69, 9.17) is 5.84 Å². The molecule has 1 atom stereocenters. The summed E-state index contributed by atoms with van der Waals surface area (Å²) < 4.78 is 0. The summed E-state index contributed by atoms with van der Waals surface area (Å²) in [4.78, 5) is 16.0. The molecule has 6 nitrogen and oxygen atoms in total. The van der Waals surface area contributed by atoms with Crippen molar-refractivity contribution in [2.45, 2.75) is 25.8 Å². The molecule has 2 aromatic heterocycles. The van der Waals surface area contributed by atoms with Gasteiger partial charge in [-0.2, -0.15) is 4.98 Å². The Labute approximate surface area is 128 Å². The van der Waals surface area contributed by atoms with E-state index in [1.54, 1.807) is 11.3 Å². The monoisotopic (exact) mass is 306 g/mol. The molecule has 0 amide bonds. The minimum absolute atomic E-state index is 0.492. The minimum atomic E-state index is 0.492. The van der Waals surface area contributed by atoms with E-state index in [0.717, 1.165) is 29.1 Å². The Bertz CT molecular complexity index is 638. The standard InChI is InChI=1S/C14H22N6S/c1-9-7-11-12(16-14(18-15)17-13(11)21-9)20-6-4-5-10(8-20)19(2)3/h7,10H,4-6,8,15H2,1-3H3,(H,16,17,18). The van der Waals surface area contributed by atoms with Crippen molar-refractivity contribution in [3.05, 3.63) is 10.9 Å². The fraction of sp³-hybridized carbons (Fsp3) is 0.571. The molecule has 1 aliphatic heterocycles. The highest BCUT2D eigenvalue weighted by Gasteiger charge is 2.24. The average Bonchev–Trinajstić information content (AvgIpc) is 2.86. The lowest BCUT2D eigenvalue weighted by Crippen LogP contribution is -2.45. The molecule has 3 N–H and O–H groups in total. The van der Waals surface area contributed by atoms with Gasteiger partial charge in [-0.1, -0.05) is 0 Å². The third-order valence-corrected chi connectivity index (χ3v) is 5.00. The number of rotatable bonds is 3. The van der Waals surface area contributed by atoms with Crippen molar-refractivity contribution < 1.29 is 0 Å². The molecule has 2 aromatic rings. The predicted octanol–water partition coefficient (Wildman–Crippen LogP) is 1.82. The van der Waals surface area contributed by atoms with Crippen LogP contribution in [-0.4, -0.2) is 48.1 Å². The van der Waals surface area contributed by atoms with E-state index in [1.807, 2.05) is 0 Å². The summed E-state index contributed by atoms with van der Waals surface area (Å²) in [6, 6.07) is 2.74. The molecule has 114 valence electrons. The smallest absolute Gasteiger partial charge is 0.240 e. The van der Waals surface area contributed by atoms with E-state index < -0.39 is 0 Å². The second-order valence-corrected chi connectivity index (χ2v) is 7.03. The molecule has 0 spiro atoms. The summed E-state index contributed by atoms with van der Waals surface area (Å²) in [5.74, 6) is 7.02. The van der Waals surface area contributed by atoms with Crippen LogP contribution in [0.1, 0.15) is 17.7 Å². The van der Waals surface area contributed by atoms with Gasteiger partial charge in [0.15, 0.2) is 0 Å². The quantitative estimate of drug-likeness (QED) is 0.666. The fourth-order valence-corrected chi connectivity index (χ4v) is 3.78. The number of aromatic nitrogens is 2. The van der Waals surface area contributed by atoms with Gasteiger partial charge in [-0.25, -0.2) is 10.8 Å². The fourth-order valence-electron chi connectivity index (χ4n) is 2.90. The Morgan fingerprint density at radius 1 is 1.43 bits per heavy atom. The summed E-state index contributed by atoms with van der Waals surface area (Å²) in [5.41, 5.74) is 2.59. The van der Waals surface area contributed by atoms with E-state index in [2.05, 4.69) is 52.3 Å². The van der Waals surface area contributed by atoms with Gasteiger partial charge in [-0.3, -0.25) is 5.43 Å². The van der Waals surface area contributed by atoms with Crippen molar-refractivity contribution >= 4 is 33.3 Å². The van der Waals surface area contributed by atoms with Crippen LogP contribution in [0.3, 0.4) is 0 Å². The summed E-state index contributed by atoms with van der Waals surface area (Å²) in [6.07, 6.45) is 2.42. The van der Waals surface area contributed by atoms with Crippen LogP contribution < -0.4 is 16.2 Å². The zero-order valence-corrected chi connectivity index (χ0v) is 13.6. The molecule has 1 fully saturated rings. The Morgan fingerprint density at radius 2 is 2.24 bits per heavy atom. The van der Waals surface area contributed by atoms with Crippen molar-refractivity contribution in [1.82, 2.24) is 14.9 Å². The van der Waals surface area contributed by atoms with E-state index in [1.165, 1.54) is 17.7 Å². The lowest BCUT2D eigenvalue weighted by atomic mass is 10.0. The van der Waals surface area contributed by atoms with Crippen LogP contribution in [0.2, 0.25) is 0 Å². The molecule has 21 heavy (non-hydrogen) atoms. The Balaban J connectivity index is 2.01. The minimum Gasteiger partial charge on any atom is -0.354 e. The van der Waals surface area contributed by atoms with Crippen molar-refractivity contribution in [1.29, 1.82) is 0 Å². The molecule has 0 radical (unpaired) electrons. The number of nitrogens with two attached hydrogens (primary N) is 1. The number of likely N-dealkylation sites (N-methyl/N-ethyl adjacent to an activating group) is 1. The number of piperidine rings is 1. The first-order valence-electron chi connectivity index (χ1n) is 7.24. The van der Waals surface area contributed by atoms with Crippen molar-refractivity contribution in [2.75, 3.05) is 37.5 Å². The molecule has 1 aliphatic rings. The number of nitrogens with one attached hydrogen (secondary N) is 1. The highest BCUT2D eigenvalue weighted by Crippen LogP contribution is 2.33. The van der Waals surface area contributed by atoms with Crippen LogP contribution in [0.15, 0.2) is 6.07 Å². The van der Waals surface area contributed by atoms with Gasteiger partial charge in [0.05, 0.1) is 5.39 Å². The average molecular weight is 306 g/mol. The van der Waals surface area contributed by atoms with Crippen molar-refractivity contribution in [3.63, 3.8) is 0 Å². The third-order valence-electron chi connectivity index (χ3n) is 4.05. The lowest BCUT2D eigenvalue weighted by Gasteiger charge is -2.37. The first-order chi connectivity index (χ1) is 10.1. The van der Waals surface area contributed by atoms with Crippen molar-refractivity contribution in [3.8, 4) is 0 Å². The zero-order chi connectivity index (χ0) is 15.0. The van der Waals surface area contributed by atoms with Crippen LogP contribution in [0, 0.1) is 6.92 Å². The first kappa shape index (κ1) is 14.5. The summed E-state index contributed by atoms with van der Waals surface area (Å²) in [7, 11) is 4.29. The molecule has 0 bridgehead atoms. The highest BCUT2D eigenvalue weighted by molar-refractivity contribution is 7.18. The van der Waals surface area contributed by atoms with Crippen LogP contribution in [0.25, 0.3) is 10.2 Å². The van der Waals surface area contributed by atoms with Gasteiger partial charge >= 0.3 is 0 Å². The first-order valence-corrected chi connectivity index (χ1v) is 8.06. The lowest BCUT2D eigenvalue weighted by molar-refractivity contribution is 0.257. The van der Waals surface area contributed by atoms with Gasteiger partial charge < -0.3 is 9.80 Å². The van der Waals surface area contributed by atoms with Gasteiger partial charge in [-0.15, -0.1) is 11.3 Å². The summed E-state index contributed by atoms with van der Waals surface area (Å²) >= 11 is 1.68. The summed E-state index contributed by atoms with van der Waals surface area (Å²) in [6.45, 7) is 4.14. The van der Waals surface area contributed by atoms with Crippen LogP contribution in [0.4, 0.5) is 11.8 Å². The number of thiophene rings is 1. The molecule has 1 saturated heterocycles. The summed E-state index contributed by atoms with van der Waals surface area (Å²) in [5, 5.41) is 1.14.